The van der Waals surface area contributed by atoms with Gasteiger partial charge >= 0.3 is 0 Å². The van der Waals surface area contributed by atoms with Crippen molar-refractivity contribution in [1.29, 1.82) is 0 Å². The van der Waals surface area contributed by atoms with Crippen molar-refractivity contribution in [2.45, 2.75) is 91.5 Å². The summed E-state index contributed by atoms with van der Waals surface area (Å²) in [5.74, 6) is 1.02. The van der Waals surface area contributed by atoms with Crippen LogP contribution in [-0.4, -0.2) is 24.4 Å². The van der Waals surface area contributed by atoms with Crippen LogP contribution in [0.4, 0.5) is 0 Å². The lowest BCUT2D eigenvalue weighted by molar-refractivity contribution is -0.122. The van der Waals surface area contributed by atoms with Crippen LogP contribution in [0.1, 0.15) is 85.5 Å². The number of hydrogen-bond donors (Lipinski definition) is 2. The van der Waals surface area contributed by atoms with Crippen LogP contribution in [0, 0.1) is 11.3 Å². The third kappa shape index (κ3) is 7.85. The highest BCUT2D eigenvalue weighted by molar-refractivity contribution is 5.76. The molecule has 0 aromatic rings. The zero-order valence-electron chi connectivity index (χ0n) is 15.5. The summed E-state index contributed by atoms with van der Waals surface area (Å²) in [6.45, 7) is 9.27. The summed E-state index contributed by atoms with van der Waals surface area (Å²) in [6.07, 6.45) is 9.42. The van der Waals surface area contributed by atoms with Crippen molar-refractivity contribution in [3.8, 4) is 0 Å². The third-order valence-electron chi connectivity index (χ3n) is 5.56. The molecule has 2 N–H and O–H groups in total. The SMILES string of the molecule is CCC(C)(C)C1CCC(NC(=O)CCCCCNC(C)=O)CC1. The fourth-order valence-corrected chi connectivity index (χ4v) is 3.46. The molecular weight excluding hydrogens is 288 g/mol. The van der Waals surface area contributed by atoms with E-state index in [9.17, 15) is 9.59 Å². The van der Waals surface area contributed by atoms with E-state index >= 15 is 0 Å². The number of carbonyl (C=O) groups is 2. The molecule has 0 aliphatic heterocycles. The lowest BCUT2D eigenvalue weighted by Gasteiger charge is -2.39. The number of amides is 2. The normalized spacial score (nSPS) is 21.7. The Morgan fingerprint density at radius 3 is 2.26 bits per heavy atom. The van der Waals surface area contributed by atoms with Crippen molar-refractivity contribution < 1.29 is 9.59 Å². The van der Waals surface area contributed by atoms with Crippen LogP contribution in [0.2, 0.25) is 0 Å². The molecule has 0 heterocycles. The molecule has 0 aromatic heterocycles. The van der Waals surface area contributed by atoms with Crippen LogP contribution in [0.3, 0.4) is 0 Å². The van der Waals surface area contributed by atoms with E-state index < -0.39 is 0 Å². The van der Waals surface area contributed by atoms with Gasteiger partial charge in [0.15, 0.2) is 0 Å². The Bertz CT molecular complexity index is 372. The predicted octanol–water partition coefficient (Wildman–Crippen LogP) is 3.79. The minimum atomic E-state index is 0.0181. The molecule has 2 amide bonds. The molecule has 4 heteroatoms. The molecule has 0 aromatic carbocycles. The molecule has 1 aliphatic carbocycles. The second-order valence-corrected chi connectivity index (χ2v) is 7.75. The second kappa shape index (κ2) is 9.94. The molecule has 1 fully saturated rings. The largest absolute Gasteiger partial charge is 0.356 e. The van der Waals surface area contributed by atoms with Gasteiger partial charge < -0.3 is 10.6 Å². The molecule has 0 saturated heterocycles. The fraction of sp³-hybridized carbons (Fsp3) is 0.895. The van der Waals surface area contributed by atoms with Gasteiger partial charge in [0.05, 0.1) is 0 Å². The van der Waals surface area contributed by atoms with Crippen LogP contribution < -0.4 is 10.6 Å². The van der Waals surface area contributed by atoms with Crippen molar-refractivity contribution in [3.63, 3.8) is 0 Å². The maximum Gasteiger partial charge on any atom is 0.220 e. The summed E-state index contributed by atoms with van der Waals surface area (Å²) in [6, 6.07) is 0.380. The standard InChI is InChI=1S/C19H36N2O2/c1-5-19(3,4)16-10-12-17(13-11-16)21-18(23)9-7-6-8-14-20-15(2)22/h16-17H,5-14H2,1-4H3,(H,20,22)(H,21,23). The van der Waals surface area contributed by atoms with Gasteiger partial charge in [0.25, 0.3) is 0 Å². The first-order chi connectivity index (χ1) is 10.8. The van der Waals surface area contributed by atoms with Gasteiger partial charge in [0, 0.05) is 25.9 Å². The first kappa shape index (κ1) is 20.0. The average molecular weight is 325 g/mol. The molecule has 134 valence electrons. The molecule has 1 rings (SSSR count). The van der Waals surface area contributed by atoms with Gasteiger partial charge in [-0.2, -0.15) is 0 Å². The maximum atomic E-state index is 12.0. The van der Waals surface area contributed by atoms with Crippen LogP contribution in [0.15, 0.2) is 0 Å². The van der Waals surface area contributed by atoms with Crippen LogP contribution in [-0.2, 0) is 9.59 Å². The Hall–Kier alpha value is -1.06. The lowest BCUT2D eigenvalue weighted by Crippen LogP contribution is -2.39. The summed E-state index contributed by atoms with van der Waals surface area (Å²) in [4.78, 5) is 22.7. The Balaban J connectivity index is 2.11. The first-order valence-corrected chi connectivity index (χ1v) is 9.39. The zero-order chi connectivity index (χ0) is 17.3. The number of nitrogens with one attached hydrogen (secondary N) is 2. The third-order valence-corrected chi connectivity index (χ3v) is 5.56. The van der Waals surface area contributed by atoms with Crippen LogP contribution in [0.5, 0.6) is 0 Å². The summed E-state index contributed by atoms with van der Waals surface area (Å²) >= 11 is 0. The van der Waals surface area contributed by atoms with E-state index in [1.165, 1.54) is 26.2 Å². The molecule has 1 saturated carbocycles. The van der Waals surface area contributed by atoms with E-state index in [-0.39, 0.29) is 11.8 Å². The highest BCUT2D eigenvalue weighted by Gasteiger charge is 2.32. The predicted molar refractivity (Wildman–Crippen MR) is 95.1 cm³/mol. The van der Waals surface area contributed by atoms with Crippen molar-refractivity contribution in [1.82, 2.24) is 10.6 Å². The molecule has 0 bridgehead atoms. The van der Waals surface area contributed by atoms with E-state index in [4.69, 9.17) is 0 Å². The topological polar surface area (TPSA) is 58.2 Å². The van der Waals surface area contributed by atoms with Gasteiger partial charge in [0.1, 0.15) is 0 Å². The van der Waals surface area contributed by atoms with Gasteiger partial charge in [-0.25, -0.2) is 0 Å². The number of hydrogen-bond acceptors (Lipinski definition) is 2. The van der Waals surface area contributed by atoms with E-state index in [0.29, 0.717) is 24.4 Å². The van der Waals surface area contributed by atoms with E-state index in [1.807, 2.05) is 0 Å². The van der Waals surface area contributed by atoms with Crippen LogP contribution >= 0.6 is 0 Å². The molecule has 0 spiro atoms. The highest BCUT2D eigenvalue weighted by Crippen LogP contribution is 2.40. The van der Waals surface area contributed by atoms with E-state index in [0.717, 1.165) is 38.0 Å². The number of rotatable bonds is 9. The van der Waals surface area contributed by atoms with Gasteiger partial charge in [-0.15, -0.1) is 0 Å². The Kier molecular flexibility index (Phi) is 8.64. The highest BCUT2D eigenvalue weighted by atomic mass is 16.2. The van der Waals surface area contributed by atoms with Gasteiger partial charge in [-0.1, -0.05) is 33.6 Å². The molecule has 0 radical (unpaired) electrons. The van der Waals surface area contributed by atoms with Gasteiger partial charge in [-0.05, 0) is 49.9 Å². The van der Waals surface area contributed by atoms with Crippen LogP contribution in [0.25, 0.3) is 0 Å². The summed E-state index contributed by atoms with van der Waals surface area (Å²) < 4.78 is 0. The van der Waals surface area contributed by atoms with Gasteiger partial charge in [0.2, 0.25) is 11.8 Å². The minimum absolute atomic E-state index is 0.0181. The quantitative estimate of drug-likeness (QED) is 0.634. The monoisotopic (exact) mass is 324 g/mol. The summed E-state index contributed by atoms with van der Waals surface area (Å²) in [5.41, 5.74) is 0.433. The van der Waals surface area contributed by atoms with Gasteiger partial charge in [-0.3, -0.25) is 9.59 Å². The maximum absolute atomic E-state index is 12.0. The molecule has 4 nitrogen and oxygen atoms in total. The Labute approximate surface area is 142 Å². The summed E-state index contributed by atoms with van der Waals surface area (Å²) in [5, 5.41) is 5.99. The molecule has 1 aliphatic rings. The fourth-order valence-electron chi connectivity index (χ4n) is 3.46. The Morgan fingerprint density at radius 2 is 1.70 bits per heavy atom. The number of carbonyl (C=O) groups excluding carboxylic acids is 2. The molecule has 0 unspecified atom stereocenters. The average Bonchev–Trinajstić information content (AvgIpc) is 2.51. The van der Waals surface area contributed by atoms with Crippen molar-refractivity contribution >= 4 is 11.8 Å². The zero-order valence-corrected chi connectivity index (χ0v) is 15.5. The van der Waals surface area contributed by atoms with Crippen molar-refractivity contribution in [2.75, 3.05) is 6.54 Å². The first-order valence-electron chi connectivity index (χ1n) is 9.39. The van der Waals surface area contributed by atoms with E-state index in [2.05, 4.69) is 31.4 Å². The summed E-state index contributed by atoms with van der Waals surface area (Å²) in [7, 11) is 0. The Morgan fingerprint density at radius 1 is 1.04 bits per heavy atom. The smallest absolute Gasteiger partial charge is 0.220 e. The lowest BCUT2D eigenvalue weighted by atomic mass is 9.69. The van der Waals surface area contributed by atoms with Crippen molar-refractivity contribution in [3.05, 3.63) is 0 Å². The molecule has 23 heavy (non-hydrogen) atoms. The minimum Gasteiger partial charge on any atom is -0.356 e. The molecular formula is C19H36N2O2. The van der Waals surface area contributed by atoms with Crippen molar-refractivity contribution in [2.24, 2.45) is 11.3 Å². The second-order valence-electron chi connectivity index (χ2n) is 7.75. The van der Waals surface area contributed by atoms with E-state index in [1.54, 1.807) is 0 Å². The number of unbranched alkanes of at least 4 members (excludes halogenated alkanes) is 2. The molecule has 0 atom stereocenters.